The largest absolute Gasteiger partial charge is 0.492 e. The fourth-order valence-electron chi connectivity index (χ4n) is 2.69. The van der Waals surface area contributed by atoms with Crippen molar-refractivity contribution in [2.75, 3.05) is 13.2 Å². The van der Waals surface area contributed by atoms with Gasteiger partial charge in [0.05, 0.1) is 0 Å². The van der Waals surface area contributed by atoms with Crippen molar-refractivity contribution in [3.8, 4) is 5.75 Å². The molecule has 0 spiro atoms. The van der Waals surface area contributed by atoms with Crippen molar-refractivity contribution in [2.24, 2.45) is 0 Å². The second-order valence-corrected chi connectivity index (χ2v) is 5.96. The van der Waals surface area contributed by atoms with Gasteiger partial charge >= 0.3 is 0 Å². The first-order chi connectivity index (χ1) is 9.16. The molecule has 0 heterocycles. The Labute approximate surface area is 117 Å². The lowest BCUT2D eigenvalue weighted by molar-refractivity contribution is 0.303. The minimum atomic E-state index is 0.555. The fraction of sp³-hybridized carbons (Fsp3) is 0.647. The summed E-state index contributed by atoms with van der Waals surface area (Å²) in [7, 11) is 0. The molecule has 1 aliphatic carbocycles. The maximum atomic E-state index is 5.92. The van der Waals surface area contributed by atoms with Crippen LogP contribution in [0.5, 0.6) is 5.75 Å². The zero-order valence-corrected chi connectivity index (χ0v) is 12.5. The van der Waals surface area contributed by atoms with Crippen LogP contribution >= 0.6 is 0 Å². The first-order valence-electron chi connectivity index (χ1n) is 7.63. The van der Waals surface area contributed by atoms with Gasteiger partial charge in [0.15, 0.2) is 0 Å². The normalized spacial score (nSPS) is 16.2. The Hall–Kier alpha value is -1.02. The van der Waals surface area contributed by atoms with Crippen LogP contribution in [0.3, 0.4) is 0 Å². The van der Waals surface area contributed by atoms with Gasteiger partial charge in [-0.3, -0.25) is 0 Å². The number of hydrogen-bond donors (Lipinski definition) is 1. The summed E-state index contributed by atoms with van der Waals surface area (Å²) in [6, 6.07) is 7.28. The van der Waals surface area contributed by atoms with Gasteiger partial charge in [-0.05, 0) is 42.9 Å². The van der Waals surface area contributed by atoms with Gasteiger partial charge in [0.25, 0.3) is 0 Å². The number of ether oxygens (including phenoxy) is 1. The maximum Gasteiger partial charge on any atom is 0.122 e. The van der Waals surface area contributed by atoms with E-state index in [4.69, 9.17) is 4.74 Å². The van der Waals surface area contributed by atoms with Crippen LogP contribution < -0.4 is 10.1 Å². The summed E-state index contributed by atoms with van der Waals surface area (Å²) in [6.07, 6.45) is 5.44. The molecular weight excluding hydrogens is 234 g/mol. The molecule has 0 aliphatic heterocycles. The van der Waals surface area contributed by atoms with Crippen molar-refractivity contribution in [3.63, 3.8) is 0 Å². The Morgan fingerprint density at radius 1 is 1.26 bits per heavy atom. The van der Waals surface area contributed by atoms with E-state index in [0.29, 0.717) is 5.92 Å². The Morgan fingerprint density at radius 2 is 2.00 bits per heavy atom. The fourth-order valence-corrected chi connectivity index (χ4v) is 2.69. The van der Waals surface area contributed by atoms with E-state index in [2.05, 4.69) is 44.3 Å². The zero-order valence-electron chi connectivity index (χ0n) is 12.5. The molecule has 0 atom stereocenters. The molecule has 1 aromatic rings. The molecule has 0 unspecified atom stereocenters. The van der Waals surface area contributed by atoms with E-state index >= 15 is 0 Å². The van der Waals surface area contributed by atoms with Gasteiger partial charge in [-0.1, -0.05) is 38.8 Å². The first-order valence-corrected chi connectivity index (χ1v) is 7.63. The van der Waals surface area contributed by atoms with E-state index in [9.17, 15) is 0 Å². The molecule has 0 radical (unpaired) electrons. The predicted octanol–water partition coefficient (Wildman–Crippen LogP) is 4.03. The zero-order chi connectivity index (χ0) is 13.7. The van der Waals surface area contributed by atoms with E-state index in [-0.39, 0.29) is 0 Å². The Balaban J connectivity index is 1.79. The number of nitrogens with one attached hydrogen (secondary N) is 1. The molecule has 1 N–H and O–H groups in total. The summed E-state index contributed by atoms with van der Waals surface area (Å²) >= 11 is 0. The molecule has 1 aromatic carbocycles. The van der Waals surface area contributed by atoms with Gasteiger partial charge < -0.3 is 10.1 Å². The van der Waals surface area contributed by atoms with Crippen LogP contribution in [0.2, 0.25) is 0 Å². The van der Waals surface area contributed by atoms with Crippen molar-refractivity contribution in [1.29, 1.82) is 0 Å². The highest BCUT2D eigenvalue weighted by atomic mass is 16.5. The molecule has 1 aliphatic rings. The van der Waals surface area contributed by atoms with Gasteiger partial charge in [0.2, 0.25) is 0 Å². The highest BCUT2D eigenvalue weighted by Crippen LogP contribution is 2.24. The molecule has 2 heteroatoms. The van der Waals surface area contributed by atoms with Gasteiger partial charge in [0, 0.05) is 12.6 Å². The third kappa shape index (κ3) is 4.24. The summed E-state index contributed by atoms with van der Waals surface area (Å²) in [5, 5.41) is 3.58. The van der Waals surface area contributed by atoms with E-state index in [0.717, 1.165) is 24.9 Å². The van der Waals surface area contributed by atoms with Crippen molar-refractivity contribution in [3.05, 3.63) is 29.3 Å². The van der Waals surface area contributed by atoms with Crippen LogP contribution in [-0.4, -0.2) is 19.2 Å². The monoisotopic (exact) mass is 261 g/mol. The number of benzene rings is 1. The smallest absolute Gasteiger partial charge is 0.122 e. The van der Waals surface area contributed by atoms with Crippen molar-refractivity contribution in [2.45, 2.75) is 58.4 Å². The average molecular weight is 261 g/mol. The van der Waals surface area contributed by atoms with Gasteiger partial charge in [-0.2, -0.15) is 0 Å². The molecule has 106 valence electrons. The quantitative estimate of drug-likeness (QED) is 0.781. The SMILES string of the molecule is Cc1ccc(C(C)C)cc1OCCNC1CCCC1. The van der Waals surface area contributed by atoms with E-state index < -0.39 is 0 Å². The van der Waals surface area contributed by atoms with Crippen LogP contribution in [0.25, 0.3) is 0 Å². The number of rotatable bonds is 6. The summed E-state index contributed by atoms with van der Waals surface area (Å²) in [5.74, 6) is 1.60. The van der Waals surface area contributed by atoms with Crippen LogP contribution in [0.15, 0.2) is 18.2 Å². The molecule has 0 amide bonds. The molecule has 1 saturated carbocycles. The van der Waals surface area contributed by atoms with Crippen LogP contribution in [0, 0.1) is 6.92 Å². The molecule has 2 rings (SSSR count). The third-order valence-corrected chi connectivity index (χ3v) is 4.03. The van der Waals surface area contributed by atoms with Gasteiger partial charge in [-0.25, -0.2) is 0 Å². The van der Waals surface area contributed by atoms with E-state index in [1.54, 1.807) is 0 Å². The van der Waals surface area contributed by atoms with Gasteiger partial charge in [0.1, 0.15) is 12.4 Å². The average Bonchev–Trinajstić information content (AvgIpc) is 2.89. The number of aryl methyl sites for hydroxylation is 1. The number of hydrogen-bond acceptors (Lipinski definition) is 2. The van der Waals surface area contributed by atoms with E-state index in [1.165, 1.54) is 36.8 Å². The van der Waals surface area contributed by atoms with Gasteiger partial charge in [-0.15, -0.1) is 0 Å². The van der Waals surface area contributed by atoms with Crippen molar-refractivity contribution < 1.29 is 4.74 Å². The second kappa shape index (κ2) is 6.95. The summed E-state index contributed by atoms with van der Waals surface area (Å²) in [6.45, 7) is 8.27. The van der Waals surface area contributed by atoms with Crippen LogP contribution in [0.4, 0.5) is 0 Å². The lowest BCUT2D eigenvalue weighted by Gasteiger charge is -2.15. The molecule has 1 fully saturated rings. The summed E-state index contributed by atoms with van der Waals surface area (Å²) < 4.78 is 5.92. The second-order valence-electron chi connectivity index (χ2n) is 5.96. The third-order valence-electron chi connectivity index (χ3n) is 4.03. The maximum absolute atomic E-state index is 5.92. The van der Waals surface area contributed by atoms with Crippen LogP contribution in [-0.2, 0) is 0 Å². The summed E-state index contributed by atoms with van der Waals surface area (Å²) in [5.41, 5.74) is 2.58. The highest BCUT2D eigenvalue weighted by Gasteiger charge is 2.13. The predicted molar refractivity (Wildman–Crippen MR) is 81.0 cm³/mol. The molecule has 0 bridgehead atoms. The van der Waals surface area contributed by atoms with Crippen molar-refractivity contribution in [1.82, 2.24) is 5.32 Å². The summed E-state index contributed by atoms with van der Waals surface area (Å²) in [4.78, 5) is 0. The topological polar surface area (TPSA) is 21.3 Å². The Bertz CT molecular complexity index is 394. The standard InChI is InChI=1S/C17H27NO/c1-13(2)15-9-8-14(3)17(12-15)19-11-10-18-16-6-4-5-7-16/h8-9,12-13,16,18H,4-7,10-11H2,1-3H3. The highest BCUT2D eigenvalue weighted by molar-refractivity contribution is 5.37. The molecule has 2 nitrogen and oxygen atoms in total. The molecule has 0 aromatic heterocycles. The Morgan fingerprint density at radius 3 is 2.68 bits per heavy atom. The molecular formula is C17H27NO. The lowest BCUT2D eigenvalue weighted by Crippen LogP contribution is -2.30. The molecule has 19 heavy (non-hydrogen) atoms. The van der Waals surface area contributed by atoms with Crippen molar-refractivity contribution >= 4 is 0 Å². The minimum Gasteiger partial charge on any atom is -0.492 e. The molecule has 0 saturated heterocycles. The lowest BCUT2D eigenvalue weighted by atomic mass is 10.0. The van der Waals surface area contributed by atoms with Crippen LogP contribution in [0.1, 0.15) is 56.6 Å². The Kier molecular flexibility index (Phi) is 5.26. The minimum absolute atomic E-state index is 0.555. The first kappa shape index (κ1) is 14.4. The van der Waals surface area contributed by atoms with E-state index in [1.807, 2.05) is 0 Å².